The van der Waals surface area contributed by atoms with Crippen LogP contribution in [0.3, 0.4) is 0 Å². The third-order valence-corrected chi connectivity index (χ3v) is 14.3. The van der Waals surface area contributed by atoms with Gasteiger partial charge in [-0.05, 0) is 87.7 Å². The highest BCUT2D eigenvalue weighted by molar-refractivity contribution is 6.36. The van der Waals surface area contributed by atoms with Gasteiger partial charge in [-0.1, -0.05) is 36.6 Å². The van der Waals surface area contributed by atoms with Crippen molar-refractivity contribution in [1.82, 2.24) is 14.8 Å². The van der Waals surface area contributed by atoms with Gasteiger partial charge in [-0.15, -0.1) is 0 Å². The van der Waals surface area contributed by atoms with Crippen LogP contribution in [0, 0.1) is 29.1 Å². The molecule has 1 aromatic heterocycles. The minimum absolute atomic E-state index is 0.0380. The van der Waals surface area contributed by atoms with Gasteiger partial charge in [0, 0.05) is 61.5 Å². The largest absolute Gasteiger partial charge is 0.491 e. The lowest BCUT2D eigenvalue weighted by Gasteiger charge is -2.28. The second-order valence-electron chi connectivity index (χ2n) is 18.1. The number of carboxylic acids is 1. The summed E-state index contributed by atoms with van der Waals surface area (Å²) < 4.78 is 24.4. The van der Waals surface area contributed by atoms with E-state index in [4.69, 9.17) is 35.5 Å². The highest BCUT2D eigenvalue weighted by Crippen LogP contribution is 2.57. The predicted molar refractivity (Wildman–Crippen MR) is 215 cm³/mol. The smallest absolute Gasteiger partial charge is 0.310 e. The number of Topliss-reactive ketones (excluding diaryl/α,β-unsaturated/α-hetero) is 1. The average molecular weight is 818 g/mol. The molecule has 1 amide bonds. The van der Waals surface area contributed by atoms with Gasteiger partial charge in [-0.25, -0.2) is 0 Å². The predicted octanol–water partition coefficient (Wildman–Crippen LogP) is 6.74. The number of carboxylic acid groups (broad SMARTS) is 1. The van der Waals surface area contributed by atoms with Crippen molar-refractivity contribution in [3.8, 4) is 11.5 Å². The van der Waals surface area contributed by atoms with Crippen LogP contribution < -0.4 is 9.47 Å². The van der Waals surface area contributed by atoms with E-state index >= 15 is 0 Å². The fourth-order valence-electron chi connectivity index (χ4n) is 10.1. The van der Waals surface area contributed by atoms with Crippen LogP contribution in [0.15, 0.2) is 30.4 Å². The van der Waals surface area contributed by atoms with E-state index in [0.717, 1.165) is 76.7 Å². The lowest BCUT2D eigenvalue weighted by molar-refractivity contribution is -0.154. The quantitative estimate of drug-likeness (QED) is 0.190. The fraction of sp³-hybridized carbons (Fsp3) is 0.667. The molecule has 1 unspecified atom stereocenters. The van der Waals surface area contributed by atoms with Gasteiger partial charge in [-0.2, -0.15) is 0 Å². The number of benzene rings is 1. The van der Waals surface area contributed by atoms with Crippen LogP contribution in [0.5, 0.6) is 11.5 Å². The number of allylic oxidation sites excluding steroid dienone is 2. The molecule has 4 saturated carbocycles. The summed E-state index contributed by atoms with van der Waals surface area (Å²) in [5, 5.41) is 11.5. The molecule has 3 aliphatic heterocycles. The maximum atomic E-state index is 14.7. The van der Waals surface area contributed by atoms with E-state index in [2.05, 4.69) is 4.90 Å². The molecule has 13 heteroatoms. The third-order valence-electron chi connectivity index (χ3n) is 13.9. The van der Waals surface area contributed by atoms with Crippen molar-refractivity contribution >= 4 is 46.1 Å². The number of amides is 1. The molecule has 4 aliphatic carbocycles. The first-order valence-corrected chi connectivity index (χ1v) is 22.2. The molecule has 0 radical (unpaired) electrons. The molecular formula is C45H56ClN3O9. The van der Waals surface area contributed by atoms with Gasteiger partial charge in [0.25, 0.3) is 0 Å². The Kier molecular flexibility index (Phi) is 11.4. The number of carbonyl (C=O) groups is 4. The average Bonchev–Trinajstić information content (AvgIpc) is 4.18. The first-order chi connectivity index (χ1) is 28.1. The number of hydrogen-bond acceptors (Lipinski definition) is 10. The van der Waals surface area contributed by atoms with Crippen molar-refractivity contribution in [3.05, 3.63) is 41.1 Å². The second-order valence-corrected chi connectivity index (χ2v) is 18.5. The summed E-state index contributed by atoms with van der Waals surface area (Å²) in [5.74, 6) is -0.0110. The monoisotopic (exact) mass is 817 g/mol. The molecule has 12 nitrogen and oxygen atoms in total. The molecule has 7 aliphatic rings. The van der Waals surface area contributed by atoms with E-state index in [1.54, 1.807) is 4.90 Å². The maximum Gasteiger partial charge on any atom is 0.310 e. The summed E-state index contributed by atoms with van der Waals surface area (Å²) in [7, 11) is 0. The number of ketones is 1. The van der Waals surface area contributed by atoms with E-state index in [-0.39, 0.29) is 55.5 Å². The van der Waals surface area contributed by atoms with Crippen LogP contribution in [-0.4, -0.2) is 108 Å². The van der Waals surface area contributed by atoms with Gasteiger partial charge in [-0.3, -0.25) is 29.1 Å². The summed E-state index contributed by atoms with van der Waals surface area (Å²) in [5.41, 5.74) is 0.287. The first-order valence-electron chi connectivity index (χ1n) is 21.8. The number of nitrogens with zero attached hydrogens (tertiary/aromatic N) is 3. The van der Waals surface area contributed by atoms with E-state index in [0.29, 0.717) is 77.8 Å². The number of halogens is 1. The van der Waals surface area contributed by atoms with Crippen LogP contribution >= 0.6 is 11.6 Å². The van der Waals surface area contributed by atoms with Crippen LogP contribution in [-0.2, 0) is 28.7 Å². The Labute approximate surface area is 344 Å². The standard InChI is InChI=1S/C45H56ClN3O9/c46-41-38(56-17-14-48-12-15-55-16-13-48)11-10-34-39(23-35(27-8-9-27)47-42(34)41)57-33-22-36-37(50)25-45(44(53)54)24-31(45)7-5-3-1-2-4-6-28(43(52)49(36)26-33)21-40(51)58-32-19-29-18-30(29)20-32/h5,7,10-11,23,27-33,36H,1-4,6,8-9,12-22,24-26H2,(H,53,54)/b7-5-/t28-,29-,30+,31-,32?,33-,36+,45-/m1/s1. The number of pyridine rings is 1. The Morgan fingerprint density at radius 3 is 2.57 bits per heavy atom. The van der Waals surface area contributed by atoms with Crippen molar-refractivity contribution in [3.63, 3.8) is 0 Å². The molecule has 6 fully saturated rings. The number of rotatable bonds is 11. The Morgan fingerprint density at radius 2 is 1.79 bits per heavy atom. The van der Waals surface area contributed by atoms with E-state index in [1.807, 2.05) is 30.4 Å². The number of carbonyl (C=O) groups excluding carboxylic acids is 3. The van der Waals surface area contributed by atoms with Crippen LogP contribution in [0.25, 0.3) is 10.9 Å². The van der Waals surface area contributed by atoms with Gasteiger partial charge >= 0.3 is 11.9 Å². The molecule has 4 heterocycles. The number of aliphatic carboxylic acids is 1. The van der Waals surface area contributed by atoms with Crippen LogP contribution in [0.1, 0.15) is 102 Å². The molecule has 0 spiro atoms. The van der Waals surface area contributed by atoms with Crippen molar-refractivity contribution < 1.29 is 43.2 Å². The van der Waals surface area contributed by atoms with Crippen LogP contribution in [0.2, 0.25) is 5.02 Å². The number of aromatic nitrogens is 1. The Morgan fingerprint density at radius 1 is 0.983 bits per heavy atom. The Bertz CT molecular complexity index is 1940. The third kappa shape index (κ3) is 8.61. The topological polar surface area (TPSA) is 145 Å². The molecule has 2 aromatic rings. The molecule has 2 saturated heterocycles. The summed E-state index contributed by atoms with van der Waals surface area (Å²) in [6, 6.07) is 4.82. The summed E-state index contributed by atoms with van der Waals surface area (Å²) in [4.78, 5) is 64.0. The summed E-state index contributed by atoms with van der Waals surface area (Å²) in [6.07, 6.45) is 12.7. The van der Waals surface area contributed by atoms with E-state index < -0.39 is 29.4 Å². The minimum atomic E-state index is -1.17. The zero-order valence-electron chi connectivity index (χ0n) is 33.3. The van der Waals surface area contributed by atoms with Gasteiger partial charge in [0.05, 0.1) is 43.2 Å². The molecule has 58 heavy (non-hydrogen) atoms. The highest BCUT2D eigenvalue weighted by Gasteiger charge is 2.61. The number of esters is 1. The molecule has 312 valence electrons. The van der Waals surface area contributed by atoms with Gasteiger partial charge < -0.3 is 29.0 Å². The number of ether oxygens (including phenoxy) is 4. The summed E-state index contributed by atoms with van der Waals surface area (Å²) in [6.45, 7) is 4.52. The number of morpholine rings is 1. The van der Waals surface area contributed by atoms with Crippen molar-refractivity contribution in [2.24, 2.45) is 29.1 Å². The Hall–Kier alpha value is -3.74. The second kappa shape index (κ2) is 16.7. The summed E-state index contributed by atoms with van der Waals surface area (Å²) >= 11 is 7.03. The molecule has 1 N–H and O–H groups in total. The van der Waals surface area contributed by atoms with Crippen molar-refractivity contribution in [1.29, 1.82) is 0 Å². The lowest BCUT2D eigenvalue weighted by atomic mass is 9.91. The molecule has 8 atom stereocenters. The molecular weight excluding hydrogens is 762 g/mol. The van der Waals surface area contributed by atoms with Crippen molar-refractivity contribution in [2.45, 2.75) is 114 Å². The van der Waals surface area contributed by atoms with Gasteiger partial charge in [0.2, 0.25) is 5.91 Å². The fourth-order valence-corrected chi connectivity index (χ4v) is 10.4. The van der Waals surface area contributed by atoms with Crippen LogP contribution in [0.4, 0.5) is 0 Å². The minimum Gasteiger partial charge on any atom is -0.491 e. The SMILES string of the molecule is O=C(C[C@H]1CCCCC/C=C\[C@@H]2C[C@@]2(C(=O)O)CC(=O)[C@@H]2C[C@@H](Oc3cc(C4CC4)nc4c(Cl)c(OCCN5CCOCC5)ccc34)CN2C1=O)OC1C[C@@H]2C[C@@H]2C1. The zero-order valence-corrected chi connectivity index (χ0v) is 34.0. The normalized spacial score (nSPS) is 33.3. The van der Waals surface area contributed by atoms with Gasteiger partial charge in [0.1, 0.15) is 35.3 Å². The molecule has 0 bridgehead atoms. The molecule has 9 rings (SSSR count). The first kappa shape index (κ1) is 39.7. The highest BCUT2D eigenvalue weighted by atomic mass is 35.5. The Balaban J connectivity index is 0.970. The van der Waals surface area contributed by atoms with E-state index in [9.17, 15) is 24.3 Å². The molecule has 1 aromatic carbocycles. The number of fused-ring (bicyclic) bond motifs is 4. The van der Waals surface area contributed by atoms with E-state index in [1.165, 1.54) is 6.42 Å². The zero-order chi connectivity index (χ0) is 40.0. The van der Waals surface area contributed by atoms with Crippen molar-refractivity contribution in [2.75, 3.05) is 46.0 Å². The van der Waals surface area contributed by atoms with Gasteiger partial charge in [0.15, 0.2) is 5.78 Å². The number of hydrogen-bond donors (Lipinski definition) is 1. The lowest BCUT2D eigenvalue weighted by Crippen LogP contribution is -2.45. The maximum absolute atomic E-state index is 14.7.